The Hall–Kier alpha value is -3.12. The second kappa shape index (κ2) is 8.71. The second-order valence-electron chi connectivity index (χ2n) is 7.63. The van der Waals surface area contributed by atoms with E-state index < -0.39 is 0 Å². The second-order valence-corrected chi connectivity index (χ2v) is 7.63. The van der Waals surface area contributed by atoms with Gasteiger partial charge in [0.1, 0.15) is 5.75 Å². The predicted molar refractivity (Wildman–Crippen MR) is 118 cm³/mol. The molecule has 1 N–H and O–H groups in total. The smallest absolute Gasteiger partial charge is 0.238 e. The topological polar surface area (TPSA) is 59.4 Å². The van der Waals surface area contributed by atoms with Crippen LogP contribution in [0.15, 0.2) is 54.7 Å². The van der Waals surface area contributed by atoms with Crippen molar-refractivity contribution in [1.29, 1.82) is 0 Å². The van der Waals surface area contributed by atoms with Gasteiger partial charge in [0.25, 0.3) is 0 Å². The minimum Gasteiger partial charge on any atom is -0.497 e. The van der Waals surface area contributed by atoms with E-state index in [0.717, 1.165) is 42.2 Å². The number of anilines is 1. The van der Waals surface area contributed by atoms with Crippen LogP contribution in [0.5, 0.6) is 5.75 Å². The lowest BCUT2D eigenvalue weighted by molar-refractivity contribution is -0.117. The highest BCUT2D eigenvalue weighted by Gasteiger charge is 2.30. The molecule has 1 amide bonds. The summed E-state index contributed by atoms with van der Waals surface area (Å²) in [5.41, 5.74) is 5.32. The van der Waals surface area contributed by atoms with Crippen LogP contribution < -0.4 is 10.1 Å². The summed E-state index contributed by atoms with van der Waals surface area (Å²) in [7, 11) is 1.68. The minimum atomic E-state index is -0.0268. The number of methoxy groups -OCH3 is 1. The number of fused-ring (bicyclic) bond motifs is 1. The van der Waals surface area contributed by atoms with Crippen molar-refractivity contribution in [2.24, 2.45) is 0 Å². The molecule has 0 bridgehead atoms. The Morgan fingerprint density at radius 2 is 2.07 bits per heavy atom. The summed E-state index contributed by atoms with van der Waals surface area (Å²) >= 11 is 0. The number of hydrogen-bond donors (Lipinski definition) is 1. The lowest BCUT2D eigenvalue weighted by Gasteiger charge is -2.37. The average Bonchev–Trinajstić information content (AvgIpc) is 3.12. The van der Waals surface area contributed by atoms with Gasteiger partial charge >= 0.3 is 0 Å². The van der Waals surface area contributed by atoms with Crippen LogP contribution in [0.25, 0.3) is 0 Å². The van der Waals surface area contributed by atoms with Gasteiger partial charge in [-0.2, -0.15) is 5.10 Å². The first kappa shape index (κ1) is 20.2. The van der Waals surface area contributed by atoms with Gasteiger partial charge in [0.15, 0.2) is 0 Å². The zero-order valence-corrected chi connectivity index (χ0v) is 17.8. The van der Waals surface area contributed by atoms with E-state index in [-0.39, 0.29) is 11.9 Å². The maximum Gasteiger partial charge on any atom is 0.238 e. The van der Waals surface area contributed by atoms with Crippen molar-refractivity contribution < 1.29 is 9.53 Å². The molecule has 6 heteroatoms. The molecule has 0 saturated heterocycles. The van der Waals surface area contributed by atoms with Crippen molar-refractivity contribution in [3.63, 3.8) is 0 Å². The van der Waals surface area contributed by atoms with Crippen molar-refractivity contribution in [2.45, 2.75) is 32.9 Å². The molecule has 0 saturated carbocycles. The Kier molecular flexibility index (Phi) is 5.86. The molecule has 0 radical (unpaired) electrons. The molecule has 0 aliphatic carbocycles. The van der Waals surface area contributed by atoms with E-state index in [1.54, 1.807) is 7.11 Å². The maximum atomic E-state index is 12.9. The van der Waals surface area contributed by atoms with Gasteiger partial charge in [0, 0.05) is 19.3 Å². The van der Waals surface area contributed by atoms with Crippen LogP contribution in [0.1, 0.15) is 35.3 Å². The van der Waals surface area contributed by atoms with Gasteiger partial charge in [-0.05, 0) is 49.1 Å². The van der Waals surface area contributed by atoms with Crippen molar-refractivity contribution in [1.82, 2.24) is 14.7 Å². The number of nitrogens with one attached hydrogen (secondary N) is 1. The number of benzene rings is 2. The molecular formula is C24H28N4O2. The van der Waals surface area contributed by atoms with Gasteiger partial charge in [-0.3, -0.25) is 14.4 Å². The van der Waals surface area contributed by atoms with Gasteiger partial charge in [-0.15, -0.1) is 0 Å². The summed E-state index contributed by atoms with van der Waals surface area (Å²) in [4.78, 5) is 15.2. The summed E-state index contributed by atoms with van der Waals surface area (Å²) < 4.78 is 7.28. The Labute approximate surface area is 177 Å². The molecule has 4 rings (SSSR count). The number of carbonyl (C=O) groups excluding carboxylic acids is 1. The number of ether oxygens (including phenoxy) is 1. The molecule has 30 heavy (non-hydrogen) atoms. The number of aromatic nitrogens is 2. The third-order valence-electron chi connectivity index (χ3n) is 5.68. The average molecular weight is 405 g/mol. The van der Waals surface area contributed by atoms with E-state index in [2.05, 4.69) is 51.7 Å². The Morgan fingerprint density at radius 1 is 1.23 bits per heavy atom. The van der Waals surface area contributed by atoms with E-state index in [9.17, 15) is 4.79 Å². The molecule has 0 spiro atoms. The van der Waals surface area contributed by atoms with Crippen molar-refractivity contribution in [2.75, 3.05) is 25.5 Å². The van der Waals surface area contributed by atoms with Gasteiger partial charge in [-0.1, -0.05) is 36.4 Å². The first-order valence-electron chi connectivity index (χ1n) is 10.4. The zero-order valence-electron chi connectivity index (χ0n) is 17.8. The fourth-order valence-corrected chi connectivity index (χ4v) is 4.17. The number of hydrogen-bond acceptors (Lipinski definition) is 4. The van der Waals surface area contributed by atoms with Crippen molar-refractivity contribution in [3.05, 3.63) is 77.1 Å². The fraction of sp³-hybridized carbons (Fsp3) is 0.333. The van der Waals surface area contributed by atoms with E-state index in [4.69, 9.17) is 4.74 Å². The first-order chi connectivity index (χ1) is 14.6. The third kappa shape index (κ3) is 4.09. The largest absolute Gasteiger partial charge is 0.497 e. The third-order valence-corrected chi connectivity index (χ3v) is 5.68. The van der Waals surface area contributed by atoms with Crippen molar-refractivity contribution in [3.8, 4) is 5.75 Å². The number of nitrogens with zero attached hydrogens (tertiary/aromatic N) is 3. The molecule has 2 heterocycles. The molecule has 156 valence electrons. The highest BCUT2D eigenvalue weighted by atomic mass is 16.5. The van der Waals surface area contributed by atoms with E-state index >= 15 is 0 Å². The number of aryl methyl sites for hydroxylation is 2. The SMILES string of the molecule is CCn1cc(NC(=O)CN2CCc3ccccc3[C@@H]2c2cccc(OC)c2)c(C)n1. The maximum absolute atomic E-state index is 12.9. The first-order valence-corrected chi connectivity index (χ1v) is 10.4. The Morgan fingerprint density at radius 3 is 2.83 bits per heavy atom. The number of amides is 1. The summed E-state index contributed by atoms with van der Waals surface area (Å²) in [5, 5.41) is 7.46. The standard InChI is InChI=1S/C24H28N4O2/c1-4-28-15-22(17(2)26-28)25-23(29)16-27-13-12-18-8-5-6-11-21(18)24(27)19-9-7-10-20(14-19)30-3/h5-11,14-15,24H,4,12-13,16H2,1-3H3,(H,25,29)/t24-/m0/s1. The Balaban J connectivity index is 1.60. The lowest BCUT2D eigenvalue weighted by Crippen LogP contribution is -2.41. The van der Waals surface area contributed by atoms with Gasteiger partial charge < -0.3 is 10.1 Å². The van der Waals surface area contributed by atoms with Crippen LogP contribution in [0.4, 0.5) is 5.69 Å². The molecule has 0 fully saturated rings. The summed E-state index contributed by atoms with van der Waals surface area (Å²) in [5.74, 6) is 0.795. The molecule has 1 atom stereocenters. The van der Waals surface area contributed by atoms with Crippen LogP contribution in [0.2, 0.25) is 0 Å². The molecule has 6 nitrogen and oxygen atoms in total. The highest BCUT2D eigenvalue weighted by Crippen LogP contribution is 2.36. The van der Waals surface area contributed by atoms with E-state index in [1.165, 1.54) is 11.1 Å². The summed E-state index contributed by atoms with van der Waals surface area (Å²) in [6.07, 6.45) is 2.81. The summed E-state index contributed by atoms with van der Waals surface area (Å²) in [6.45, 7) is 5.85. The highest BCUT2D eigenvalue weighted by molar-refractivity contribution is 5.92. The zero-order chi connectivity index (χ0) is 21.1. The molecule has 0 unspecified atom stereocenters. The monoisotopic (exact) mass is 404 g/mol. The molecular weight excluding hydrogens is 376 g/mol. The predicted octanol–water partition coefficient (Wildman–Crippen LogP) is 3.81. The van der Waals surface area contributed by atoms with Crippen LogP contribution >= 0.6 is 0 Å². The van der Waals surface area contributed by atoms with Crippen LogP contribution in [-0.4, -0.2) is 40.8 Å². The fourth-order valence-electron chi connectivity index (χ4n) is 4.17. The van der Waals surface area contributed by atoms with Gasteiger partial charge in [-0.25, -0.2) is 0 Å². The van der Waals surface area contributed by atoms with Crippen LogP contribution in [0.3, 0.4) is 0 Å². The van der Waals surface area contributed by atoms with E-state index in [0.29, 0.717) is 6.54 Å². The quantitative estimate of drug-likeness (QED) is 0.679. The Bertz CT molecular complexity index is 1040. The van der Waals surface area contributed by atoms with Crippen LogP contribution in [-0.2, 0) is 17.8 Å². The molecule has 2 aromatic carbocycles. The molecule has 1 aromatic heterocycles. The van der Waals surface area contributed by atoms with E-state index in [1.807, 2.05) is 36.9 Å². The normalized spacial score (nSPS) is 16.2. The molecule has 1 aliphatic rings. The van der Waals surface area contributed by atoms with Gasteiger partial charge in [0.05, 0.1) is 31.1 Å². The van der Waals surface area contributed by atoms with Gasteiger partial charge in [0.2, 0.25) is 5.91 Å². The van der Waals surface area contributed by atoms with Crippen molar-refractivity contribution >= 4 is 11.6 Å². The lowest BCUT2D eigenvalue weighted by atomic mass is 9.88. The minimum absolute atomic E-state index is 0.00950. The van der Waals surface area contributed by atoms with Crippen LogP contribution in [0, 0.1) is 6.92 Å². The molecule has 3 aromatic rings. The summed E-state index contributed by atoms with van der Waals surface area (Å²) in [6, 6.07) is 16.6. The number of rotatable bonds is 6. The number of carbonyl (C=O) groups is 1. The molecule has 1 aliphatic heterocycles.